The van der Waals surface area contributed by atoms with E-state index >= 15 is 0 Å². The standard InChI is InChI=1S/C17H16N2O4/c1-11-8-15(14-6-5-13(21-2)9-16(14)22-11)19-23-17(20)12-4-3-7-18-10-12/h3-7,9-11H,8H2,1-2H3/b19-15-. The summed E-state index contributed by atoms with van der Waals surface area (Å²) in [6.07, 6.45) is 3.52. The van der Waals surface area contributed by atoms with Crippen molar-refractivity contribution in [1.29, 1.82) is 0 Å². The third kappa shape index (κ3) is 3.31. The molecule has 2 aromatic rings. The number of fused-ring (bicyclic) bond motifs is 1. The molecule has 3 rings (SSSR count). The van der Waals surface area contributed by atoms with Crippen molar-refractivity contribution in [2.45, 2.75) is 19.4 Å². The maximum atomic E-state index is 12.0. The third-order valence-corrected chi connectivity index (χ3v) is 3.44. The lowest BCUT2D eigenvalue weighted by Gasteiger charge is -2.24. The summed E-state index contributed by atoms with van der Waals surface area (Å²) in [5.41, 5.74) is 1.81. The molecule has 2 heterocycles. The Morgan fingerprint density at radius 3 is 3.00 bits per heavy atom. The van der Waals surface area contributed by atoms with Crippen molar-refractivity contribution in [2.75, 3.05) is 7.11 Å². The van der Waals surface area contributed by atoms with E-state index in [0.717, 1.165) is 5.56 Å². The molecule has 0 spiro atoms. The van der Waals surface area contributed by atoms with E-state index in [1.165, 1.54) is 6.20 Å². The van der Waals surface area contributed by atoms with Gasteiger partial charge in [0.15, 0.2) is 0 Å². The normalized spacial score (nSPS) is 18.0. The molecule has 118 valence electrons. The number of rotatable bonds is 3. The molecule has 1 aliphatic heterocycles. The van der Waals surface area contributed by atoms with Crippen LogP contribution in [0.3, 0.4) is 0 Å². The van der Waals surface area contributed by atoms with Crippen LogP contribution in [0.2, 0.25) is 0 Å². The molecule has 23 heavy (non-hydrogen) atoms. The highest BCUT2D eigenvalue weighted by molar-refractivity contribution is 6.04. The zero-order valence-electron chi connectivity index (χ0n) is 12.9. The molecule has 0 saturated heterocycles. The fraction of sp³-hybridized carbons (Fsp3) is 0.235. The Labute approximate surface area is 133 Å². The Bertz CT molecular complexity index is 744. The summed E-state index contributed by atoms with van der Waals surface area (Å²) < 4.78 is 11.0. The van der Waals surface area contributed by atoms with E-state index in [1.54, 1.807) is 31.5 Å². The summed E-state index contributed by atoms with van der Waals surface area (Å²) in [4.78, 5) is 20.9. The van der Waals surface area contributed by atoms with E-state index in [0.29, 0.717) is 29.2 Å². The number of aromatic nitrogens is 1. The number of oxime groups is 1. The Kier molecular flexibility index (Phi) is 4.23. The van der Waals surface area contributed by atoms with Crippen LogP contribution in [-0.4, -0.2) is 29.9 Å². The van der Waals surface area contributed by atoms with Gasteiger partial charge in [-0.05, 0) is 31.2 Å². The molecule has 1 unspecified atom stereocenters. The first-order valence-electron chi connectivity index (χ1n) is 7.20. The van der Waals surface area contributed by atoms with Gasteiger partial charge in [0, 0.05) is 30.4 Å². The molecule has 1 atom stereocenters. The molecule has 0 aliphatic carbocycles. The maximum Gasteiger partial charge on any atom is 0.367 e. The van der Waals surface area contributed by atoms with Gasteiger partial charge < -0.3 is 14.3 Å². The second-order valence-corrected chi connectivity index (χ2v) is 5.15. The number of hydrogen-bond donors (Lipinski definition) is 0. The van der Waals surface area contributed by atoms with Crippen molar-refractivity contribution in [3.63, 3.8) is 0 Å². The minimum atomic E-state index is -0.542. The van der Waals surface area contributed by atoms with Gasteiger partial charge in [-0.15, -0.1) is 0 Å². The molecule has 1 aromatic heterocycles. The molecular formula is C17H16N2O4. The summed E-state index contributed by atoms with van der Waals surface area (Å²) in [7, 11) is 1.60. The first-order valence-corrected chi connectivity index (χ1v) is 7.20. The highest BCUT2D eigenvalue weighted by Gasteiger charge is 2.23. The van der Waals surface area contributed by atoms with Gasteiger partial charge in [-0.25, -0.2) is 4.79 Å². The average molecular weight is 312 g/mol. The number of carbonyl (C=O) groups is 1. The molecular weight excluding hydrogens is 296 g/mol. The highest BCUT2D eigenvalue weighted by Crippen LogP contribution is 2.31. The van der Waals surface area contributed by atoms with Gasteiger partial charge in [-0.1, -0.05) is 5.16 Å². The van der Waals surface area contributed by atoms with Crippen LogP contribution in [0.4, 0.5) is 0 Å². The first kappa shape index (κ1) is 15.0. The highest BCUT2D eigenvalue weighted by atomic mass is 16.7. The summed E-state index contributed by atoms with van der Waals surface area (Å²) >= 11 is 0. The lowest BCUT2D eigenvalue weighted by Crippen LogP contribution is -2.25. The summed E-state index contributed by atoms with van der Waals surface area (Å²) in [6, 6.07) is 8.75. The number of nitrogens with zero attached hydrogens (tertiary/aromatic N) is 2. The molecule has 0 N–H and O–H groups in total. The van der Waals surface area contributed by atoms with E-state index in [1.807, 2.05) is 19.1 Å². The van der Waals surface area contributed by atoms with Crippen LogP contribution >= 0.6 is 0 Å². The fourth-order valence-corrected chi connectivity index (χ4v) is 2.33. The van der Waals surface area contributed by atoms with Crippen molar-refractivity contribution >= 4 is 11.7 Å². The number of pyridine rings is 1. The van der Waals surface area contributed by atoms with Crippen LogP contribution < -0.4 is 9.47 Å². The van der Waals surface area contributed by atoms with Crippen molar-refractivity contribution < 1.29 is 19.1 Å². The monoisotopic (exact) mass is 312 g/mol. The largest absolute Gasteiger partial charge is 0.497 e. The van der Waals surface area contributed by atoms with Crippen LogP contribution in [-0.2, 0) is 4.84 Å². The Morgan fingerprint density at radius 1 is 1.39 bits per heavy atom. The first-order chi connectivity index (χ1) is 11.2. The van der Waals surface area contributed by atoms with Crippen LogP contribution in [0.1, 0.15) is 29.3 Å². The Balaban J connectivity index is 1.84. The van der Waals surface area contributed by atoms with Gasteiger partial charge in [-0.2, -0.15) is 0 Å². The lowest BCUT2D eigenvalue weighted by molar-refractivity contribution is 0.0512. The minimum absolute atomic E-state index is 0.0644. The zero-order valence-corrected chi connectivity index (χ0v) is 12.9. The van der Waals surface area contributed by atoms with Crippen molar-refractivity contribution in [3.8, 4) is 11.5 Å². The van der Waals surface area contributed by atoms with E-state index in [-0.39, 0.29) is 6.10 Å². The summed E-state index contributed by atoms with van der Waals surface area (Å²) in [5.74, 6) is 0.823. The van der Waals surface area contributed by atoms with Crippen LogP contribution in [0.5, 0.6) is 11.5 Å². The molecule has 6 nitrogen and oxygen atoms in total. The van der Waals surface area contributed by atoms with E-state index < -0.39 is 5.97 Å². The molecule has 0 radical (unpaired) electrons. The number of hydrogen-bond acceptors (Lipinski definition) is 6. The quantitative estimate of drug-likeness (QED) is 0.644. The molecule has 0 fully saturated rings. The van der Waals surface area contributed by atoms with Crippen LogP contribution in [0.15, 0.2) is 47.9 Å². The van der Waals surface area contributed by atoms with Crippen LogP contribution in [0, 0.1) is 0 Å². The van der Waals surface area contributed by atoms with E-state index in [2.05, 4.69) is 10.1 Å². The number of ether oxygens (including phenoxy) is 2. The van der Waals surface area contributed by atoms with Gasteiger partial charge in [-0.3, -0.25) is 4.98 Å². The lowest BCUT2D eigenvalue weighted by atomic mass is 10.0. The molecule has 0 saturated carbocycles. The predicted octanol–water partition coefficient (Wildman–Crippen LogP) is 2.82. The molecule has 0 bridgehead atoms. The number of methoxy groups -OCH3 is 1. The van der Waals surface area contributed by atoms with Crippen LogP contribution in [0.25, 0.3) is 0 Å². The Morgan fingerprint density at radius 2 is 2.26 bits per heavy atom. The SMILES string of the molecule is COc1ccc2c(c1)OC(C)C/C2=N/OC(=O)c1cccnc1. The van der Waals surface area contributed by atoms with Gasteiger partial charge in [0.1, 0.15) is 17.6 Å². The van der Waals surface area contributed by atoms with Gasteiger partial charge in [0.2, 0.25) is 0 Å². The zero-order chi connectivity index (χ0) is 16.2. The third-order valence-electron chi connectivity index (χ3n) is 3.44. The predicted molar refractivity (Wildman–Crippen MR) is 83.9 cm³/mol. The molecule has 1 aliphatic rings. The van der Waals surface area contributed by atoms with Crippen molar-refractivity contribution in [3.05, 3.63) is 53.9 Å². The maximum absolute atomic E-state index is 12.0. The molecule has 6 heteroatoms. The molecule has 1 aromatic carbocycles. The topological polar surface area (TPSA) is 70.0 Å². The van der Waals surface area contributed by atoms with Crippen molar-refractivity contribution in [1.82, 2.24) is 4.98 Å². The van der Waals surface area contributed by atoms with Gasteiger partial charge in [0.25, 0.3) is 0 Å². The van der Waals surface area contributed by atoms with Crippen molar-refractivity contribution in [2.24, 2.45) is 5.16 Å². The minimum Gasteiger partial charge on any atom is -0.497 e. The smallest absolute Gasteiger partial charge is 0.367 e. The van der Waals surface area contributed by atoms with Gasteiger partial charge in [0.05, 0.1) is 18.4 Å². The average Bonchev–Trinajstić information content (AvgIpc) is 2.59. The van der Waals surface area contributed by atoms with E-state index in [4.69, 9.17) is 14.3 Å². The number of carbonyl (C=O) groups excluding carboxylic acids is 1. The summed E-state index contributed by atoms with van der Waals surface area (Å²) in [6.45, 7) is 1.93. The Hall–Kier alpha value is -2.89. The second-order valence-electron chi connectivity index (χ2n) is 5.15. The fourth-order valence-electron chi connectivity index (χ4n) is 2.33. The summed E-state index contributed by atoms with van der Waals surface area (Å²) in [5, 5.41) is 4.03. The second kappa shape index (κ2) is 6.48. The molecule has 0 amide bonds. The number of benzene rings is 1. The van der Waals surface area contributed by atoms with E-state index in [9.17, 15) is 4.79 Å². The van der Waals surface area contributed by atoms with Gasteiger partial charge >= 0.3 is 5.97 Å².